The minimum Gasteiger partial charge on any atom is -0.352 e. The summed E-state index contributed by atoms with van der Waals surface area (Å²) in [6.07, 6.45) is 3.78. The van der Waals surface area contributed by atoms with Gasteiger partial charge in [-0.25, -0.2) is 0 Å². The van der Waals surface area contributed by atoms with Crippen LogP contribution in [0.4, 0.5) is 0 Å². The van der Waals surface area contributed by atoms with Crippen molar-refractivity contribution in [3.05, 3.63) is 42.1 Å². The molecule has 1 heterocycles. The molecule has 1 amide bonds. The van der Waals surface area contributed by atoms with Crippen molar-refractivity contribution in [1.82, 2.24) is 20.5 Å². The van der Waals surface area contributed by atoms with Crippen LogP contribution in [0, 0.1) is 0 Å². The Bertz CT molecular complexity index is 632. The molecular formula is C18H28Cl2N4O. The van der Waals surface area contributed by atoms with E-state index in [4.69, 9.17) is 0 Å². The predicted octanol–water partition coefficient (Wildman–Crippen LogP) is 2.74. The molecule has 0 aliphatic rings. The maximum atomic E-state index is 12.3. The number of amides is 1. The number of hydrogen-bond acceptors (Lipinski definition) is 4. The van der Waals surface area contributed by atoms with E-state index < -0.39 is 0 Å². The molecule has 1 aromatic heterocycles. The molecule has 25 heavy (non-hydrogen) atoms. The Morgan fingerprint density at radius 1 is 1.04 bits per heavy atom. The van der Waals surface area contributed by atoms with Gasteiger partial charge in [0.2, 0.25) is 0 Å². The first-order valence-electron chi connectivity index (χ1n) is 8.16. The Balaban J connectivity index is 0.00000288. The highest BCUT2D eigenvalue weighted by atomic mass is 35.5. The number of carbonyl (C=O) groups is 1. The van der Waals surface area contributed by atoms with Crippen LogP contribution in [-0.4, -0.2) is 56.1 Å². The van der Waals surface area contributed by atoms with Crippen LogP contribution in [0.1, 0.15) is 23.2 Å². The highest BCUT2D eigenvalue weighted by Crippen LogP contribution is 2.15. The lowest BCUT2D eigenvalue weighted by atomic mass is 10.1. The fraction of sp³-hybridized carbons (Fsp3) is 0.444. The number of nitrogens with zero attached hydrogens (tertiary/aromatic N) is 2. The second kappa shape index (κ2) is 12.9. The van der Waals surface area contributed by atoms with Gasteiger partial charge in [-0.05, 0) is 58.7 Å². The number of fused-ring (bicyclic) bond motifs is 1. The van der Waals surface area contributed by atoms with E-state index in [1.165, 1.54) is 0 Å². The molecule has 0 saturated heterocycles. The molecule has 0 spiro atoms. The minimum atomic E-state index is -0.0538. The summed E-state index contributed by atoms with van der Waals surface area (Å²) in [5.74, 6) is -0.0538. The van der Waals surface area contributed by atoms with Crippen LogP contribution >= 0.6 is 24.8 Å². The van der Waals surface area contributed by atoms with Crippen LogP contribution in [0.15, 0.2) is 36.5 Å². The molecule has 2 N–H and O–H groups in total. The summed E-state index contributed by atoms with van der Waals surface area (Å²) < 4.78 is 0. The molecule has 5 nitrogen and oxygen atoms in total. The van der Waals surface area contributed by atoms with Crippen molar-refractivity contribution < 1.29 is 4.79 Å². The second-order valence-electron chi connectivity index (χ2n) is 5.90. The average molecular weight is 387 g/mol. The van der Waals surface area contributed by atoms with Gasteiger partial charge in [0.25, 0.3) is 5.91 Å². The first-order chi connectivity index (χ1) is 11.2. The molecule has 0 atom stereocenters. The van der Waals surface area contributed by atoms with Crippen molar-refractivity contribution in [2.24, 2.45) is 0 Å². The third kappa shape index (κ3) is 8.01. The maximum absolute atomic E-state index is 12.3. The minimum absolute atomic E-state index is 0. The first kappa shape index (κ1) is 23.6. The smallest absolute Gasteiger partial charge is 0.253 e. The summed E-state index contributed by atoms with van der Waals surface area (Å²) in [6.45, 7) is 3.70. The number of hydrogen-bond donors (Lipinski definition) is 2. The molecule has 2 aromatic rings. The SMILES string of the molecule is CN(C)CCCNCCCNC(=O)c1cccc2cccnc12.Cl.Cl. The molecule has 0 bridgehead atoms. The van der Waals surface area contributed by atoms with Gasteiger partial charge in [-0.3, -0.25) is 9.78 Å². The molecule has 2 rings (SSSR count). The zero-order chi connectivity index (χ0) is 16.5. The molecule has 0 aliphatic carbocycles. The molecule has 140 valence electrons. The summed E-state index contributed by atoms with van der Waals surface area (Å²) in [7, 11) is 4.16. The van der Waals surface area contributed by atoms with Gasteiger partial charge in [0.15, 0.2) is 0 Å². The lowest BCUT2D eigenvalue weighted by molar-refractivity contribution is 0.0954. The Hall–Kier alpha value is -1.40. The van der Waals surface area contributed by atoms with E-state index in [9.17, 15) is 4.79 Å². The normalized spacial score (nSPS) is 10.2. The molecule has 0 aliphatic heterocycles. The monoisotopic (exact) mass is 386 g/mol. The topological polar surface area (TPSA) is 57.3 Å². The number of nitrogens with one attached hydrogen (secondary N) is 2. The lowest BCUT2D eigenvalue weighted by Crippen LogP contribution is -2.28. The van der Waals surface area contributed by atoms with Crippen molar-refractivity contribution in [3.63, 3.8) is 0 Å². The van der Waals surface area contributed by atoms with E-state index in [0.29, 0.717) is 12.1 Å². The molecule has 0 fully saturated rings. The molecule has 0 saturated carbocycles. The zero-order valence-corrected chi connectivity index (χ0v) is 16.5. The predicted molar refractivity (Wildman–Crippen MR) is 109 cm³/mol. The summed E-state index contributed by atoms with van der Waals surface area (Å²) in [4.78, 5) is 18.8. The highest BCUT2D eigenvalue weighted by molar-refractivity contribution is 6.05. The molecule has 0 unspecified atom stereocenters. The maximum Gasteiger partial charge on any atom is 0.253 e. The van der Waals surface area contributed by atoms with Crippen molar-refractivity contribution in [1.29, 1.82) is 0 Å². The summed E-state index contributed by atoms with van der Waals surface area (Å²) >= 11 is 0. The van der Waals surface area contributed by atoms with Crippen molar-refractivity contribution >= 4 is 41.6 Å². The van der Waals surface area contributed by atoms with Gasteiger partial charge >= 0.3 is 0 Å². The van der Waals surface area contributed by atoms with Gasteiger partial charge in [-0.15, -0.1) is 24.8 Å². The third-order valence-corrected chi connectivity index (χ3v) is 3.65. The van der Waals surface area contributed by atoms with E-state index in [-0.39, 0.29) is 30.7 Å². The Morgan fingerprint density at radius 2 is 1.76 bits per heavy atom. The largest absolute Gasteiger partial charge is 0.352 e. The van der Waals surface area contributed by atoms with E-state index in [0.717, 1.165) is 43.4 Å². The van der Waals surface area contributed by atoms with Gasteiger partial charge in [0, 0.05) is 18.1 Å². The Labute approximate surface area is 162 Å². The Morgan fingerprint density at radius 3 is 2.52 bits per heavy atom. The van der Waals surface area contributed by atoms with Crippen LogP contribution in [0.3, 0.4) is 0 Å². The quantitative estimate of drug-likeness (QED) is 0.650. The van der Waals surface area contributed by atoms with Gasteiger partial charge in [0.05, 0.1) is 11.1 Å². The Kier molecular flexibility index (Phi) is 12.2. The molecular weight excluding hydrogens is 359 g/mol. The number of halogens is 2. The number of benzene rings is 1. The van der Waals surface area contributed by atoms with Crippen LogP contribution in [0.2, 0.25) is 0 Å². The van der Waals surface area contributed by atoms with Gasteiger partial charge in [0.1, 0.15) is 0 Å². The second-order valence-corrected chi connectivity index (χ2v) is 5.90. The van der Waals surface area contributed by atoms with Crippen molar-refractivity contribution in [3.8, 4) is 0 Å². The number of aromatic nitrogens is 1. The molecule has 1 aromatic carbocycles. The van der Waals surface area contributed by atoms with E-state index in [1.54, 1.807) is 6.20 Å². The molecule has 7 heteroatoms. The van der Waals surface area contributed by atoms with Crippen LogP contribution in [-0.2, 0) is 0 Å². The number of carbonyl (C=O) groups excluding carboxylic acids is 1. The van der Waals surface area contributed by atoms with Crippen molar-refractivity contribution in [2.75, 3.05) is 40.3 Å². The van der Waals surface area contributed by atoms with Crippen molar-refractivity contribution in [2.45, 2.75) is 12.8 Å². The third-order valence-electron chi connectivity index (χ3n) is 3.65. The fourth-order valence-electron chi connectivity index (χ4n) is 2.44. The number of para-hydroxylation sites is 1. The van der Waals surface area contributed by atoms with Crippen LogP contribution in [0.25, 0.3) is 10.9 Å². The summed E-state index contributed by atoms with van der Waals surface area (Å²) in [5, 5.41) is 7.36. The van der Waals surface area contributed by atoms with E-state index >= 15 is 0 Å². The van der Waals surface area contributed by atoms with E-state index in [2.05, 4.69) is 34.6 Å². The first-order valence-corrected chi connectivity index (χ1v) is 8.16. The standard InChI is InChI=1S/C18H26N4O.2ClH/c1-22(2)14-6-11-19-10-5-13-21-18(23)16-9-3-7-15-8-4-12-20-17(15)16;;/h3-4,7-9,12,19H,5-6,10-11,13-14H2,1-2H3,(H,21,23);2*1H. The van der Waals surface area contributed by atoms with Gasteiger partial charge in [-0.1, -0.05) is 18.2 Å². The van der Waals surface area contributed by atoms with E-state index in [1.807, 2.05) is 30.3 Å². The number of pyridine rings is 1. The van der Waals surface area contributed by atoms with Gasteiger partial charge < -0.3 is 15.5 Å². The van der Waals surface area contributed by atoms with Crippen LogP contribution < -0.4 is 10.6 Å². The molecule has 0 radical (unpaired) electrons. The zero-order valence-electron chi connectivity index (χ0n) is 14.8. The number of rotatable bonds is 9. The summed E-state index contributed by atoms with van der Waals surface area (Å²) in [6, 6.07) is 9.54. The van der Waals surface area contributed by atoms with Gasteiger partial charge in [-0.2, -0.15) is 0 Å². The average Bonchev–Trinajstić information content (AvgIpc) is 2.56. The fourth-order valence-corrected chi connectivity index (χ4v) is 2.44. The lowest BCUT2D eigenvalue weighted by Gasteiger charge is -2.10. The van der Waals surface area contributed by atoms with Crippen LogP contribution in [0.5, 0.6) is 0 Å². The summed E-state index contributed by atoms with van der Waals surface area (Å²) in [5.41, 5.74) is 1.40. The highest BCUT2D eigenvalue weighted by Gasteiger charge is 2.09.